The Labute approximate surface area is 147 Å². The van der Waals surface area contributed by atoms with Crippen LogP contribution in [0.3, 0.4) is 0 Å². The van der Waals surface area contributed by atoms with Gasteiger partial charge in [0.2, 0.25) is 5.91 Å². The summed E-state index contributed by atoms with van der Waals surface area (Å²) in [6, 6.07) is 8.15. The van der Waals surface area contributed by atoms with Gasteiger partial charge in [0, 0.05) is 18.8 Å². The van der Waals surface area contributed by atoms with Gasteiger partial charge in [-0.25, -0.2) is 4.68 Å². The number of benzene rings is 1. The van der Waals surface area contributed by atoms with Crippen LogP contribution in [0, 0.1) is 24.2 Å². The number of guanidine groups is 1. The second kappa shape index (κ2) is 5.44. The fourth-order valence-corrected chi connectivity index (χ4v) is 3.83. The SMILES string of the molecule is Cc1cccc(-n2cc([C@@]3(C)NC(=N)N(C)C(=O)[C@H]3C3CC3)cn2)c1. The van der Waals surface area contributed by atoms with Crippen LogP contribution in [-0.2, 0) is 10.3 Å². The first-order valence-electron chi connectivity index (χ1n) is 8.66. The van der Waals surface area contributed by atoms with E-state index in [0.29, 0.717) is 5.92 Å². The minimum atomic E-state index is -0.607. The Bertz CT molecular complexity index is 853. The quantitative estimate of drug-likeness (QED) is 0.903. The van der Waals surface area contributed by atoms with Crippen molar-refractivity contribution in [1.82, 2.24) is 20.0 Å². The molecule has 1 amide bonds. The summed E-state index contributed by atoms with van der Waals surface area (Å²) in [7, 11) is 1.67. The number of amides is 1. The Morgan fingerprint density at radius 2 is 2.12 bits per heavy atom. The fraction of sp³-hybridized carbons (Fsp3) is 0.421. The van der Waals surface area contributed by atoms with Crippen LogP contribution >= 0.6 is 0 Å². The highest BCUT2D eigenvalue weighted by Gasteiger charge is 2.54. The van der Waals surface area contributed by atoms with E-state index in [-0.39, 0.29) is 17.8 Å². The van der Waals surface area contributed by atoms with Gasteiger partial charge in [0.15, 0.2) is 5.96 Å². The van der Waals surface area contributed by atoms with E-state index < -0.39 is 5.54 Å². The van der Waals surface area contributed by atoms with Gasteiger partial charge < -0.3 is 5.32 Å². The molecule has 1 aromatic heterocycles. The molecule has 0 unspecified atom stereocenters. The lowest BCUT2D eigenvalue weighted by atomic mass is 9.75. The standard InChI is InChI=1S/C19H23N5O/c1-12-5-4-6-15(9-12)24-11-14(10-21-24)19(2)16(13-7-8-13)17(25)23(3)18(20)22-19/h4-6,9-11,13,16H,7-8H2,1-3H3,(H2,20,22)/t16-,19-/m1/s1. The van der Waals surface area contributed by atoms with Gasteiger partial charge in [-0.2, -0.15) is 5.10 Å². The molecule has 2 atom stereocenters. The first-order valence-corrected chi connectivity index (χ1v) is 8.66. The van der Waals surface area contributed by atoms with E-state index in [1.54, 1.807) is 7.05 Å². The predicted molar refractivity (Wildman–Crippen MR) is 95.5 cm³/mol. The van der Waals surface area contributed by atoms with Crippen molar-refractivity contribution in [1.29, 1.82) is 5.41 Å². The molecule has 130 valence electrons. The zero-order valence-electron chi connectivity index (χ0n) is 14.8. The minimum absolute atomic E-state index is 0.0251. The lowest BCUT2D eigenvalue weighted by Crippen LogP contribution is -2.64. The highest BCUT2D eigenvalue weighted by Crippen LogP contribution is 2.48. The molecule has 1 saturated carbocycles. The van der Waals surface area contributed by atoms with Crippen molar-refractivity contribution in [2.75, 3.05) is 7.05 Å². The molecule has 1 aliphatic carbocycles. The summed E-state index contributed by atoms with van der Waals surface area (Å²) < 4.78 is 1.84. The number of aryl methyl sites for hydroxylation is 1. The van der Waals surface area contributed by atoms with E-state index in [1.165, 1.54) is 10.5 Å². The molecule has 2 aliphatic rings. The molecule has 6 nitrogen and oxygen atoms in total. The number of rotatable bonds is 3. The third-order valence-electron chi connectivity index (χ3n) is 5.47. The molecule has 0 bridgehead atoms. The van der Waals surface area contributed by atoms with Crippen molar-refractivity contribution in [3.05, 3.63) is 47.8 Å². The zero-order valence-corrected chi connectivity index (χ0v) is 14.8. The fourth-order valence-electron chi connectivity index (χ4n) is 3.83. The second-order valence-electron chi connectivity index (χ2n) is 7.40. The Morgan fingerprint density at radius 1 is 1.36 bits per heavy atom. The van der Waals surface area contributed by atoms with Gasteiger partial charge in [0.25, 0.3) is 0 Å². The number of aromatic nitrogens is 2. The van der Waals surface area contributed by atoms with Crippen molar-refractivity contribution < 1.29 is 4.79 Å². The molecular formula is C19H23N5O. The highest BCUT2D eigenvalue weighted by molar-refractivity contribution is 6.00. The highest BCUT2D eigenvalue weighted by atomic mass is 16.2. The average Bonchev–Trinajstić information content (AvgIpc) is 3.26. The van der Waals surface area contributed by atoms with Crippen molar-refractivity contribution in [3.63, 3.8) is 0 Å². The maximum atomic E-state index is 12.8. The van der Waals surface area contributed by atoms with Crippen molar-refractivity contribution >= 4 is 11.9 Å². The van der Waals surface area contributed by atoms with Crippen LogP contribution in [0.2, 0.25) is 0 Å². The van der Waals surface area contributed by atoms with E-state index in [0.717, 1.165) is 24.1 Å². The summed E-state index contributed by atoms with van der Waals surface area (Å²) in [5, 5.41) is 15.9. The molecule has 25 heavy (non-hydrogen) atoms. The molecule has 0 spiro atoms. The van der Waals surface area contributed by atoms with Crippen LogP contribution in [0.15, 0.2) is 36.7 Å². The van der Waals surface area contributed by atoms with E-state index in [1.807, 2.05) is 36.1 Å². The predicted octanol–water partition coefficient (Wildman–Crippen LogP) is 2.42. The molecule has 2 N–H and O–H groups in total. The molecule has 0 radical (unpaired) electrons. The monoisotopic (exact) mass is 337 g/mol. The molecule has 2 heterocycles. The topological polar surface area (TPSA) is 74.0 Å². The van der Waals surface area contributed by atoms with Gasteiger partial charge >= 0.3 is 0 Å². The molecular weight excluding hydrogens is 314 g/mol. The molecule has 2 aromatic rings. The van der Waals surface area contributed by atoms with Crippen LogP contribution in [-0.4, -0.2) is 33.6 Å². The van der Waals surface area contributed by atoms with Gasteiger partial charge in [-0.3, -0.25) is 15.1 Å². The minimum Gasteiger partial charge on any atom is -0.346 e. The average molecular weight is 337 g/mol. The summed E-state index contributed by atoms with van der Waals surface area (Å²) >= 11 is 0. The van der Waals surface area contributed by atoms with Gasteiger partial charge in [0.05, 0.1) is 23.3 Å². The molecule has 1 aliphatic heterocycles. The van der Waals surface area contributed by atoms with Gasteiger partial charge in [-0.1, -0.05) is 12.1 Å². The van der Waals surface area contributed by atoms with Crippen LogP contribution in [0.25, 0.3) is 5.69 Å². The summed E-state index contributed by atoms with van der Waals surface area (Å²) in [4.78, 5) is 14.3. The van der Waals surface area contributed by atoms with Gasteiger partial charge in [-0.15, -0.1) is 0 Å². The van der Waals surface area contributed by atoms with Crippen molar-refractivity contribution in [2.45, 2.75) is 32.2 Å². The van der Waals surface area contributed by atoms with Crippen molar-refractivity contribution in [2.24, 2.45) is 11.8 Å². The third kappa shape index (κ3) is 2.52. The summed E-state index contributed by atoms with van der Waals surface area (Å²) in [6.07, 6.45) is 5.93. The Hall–Kier alpha value is -2.63. The third-order valence-corrected chi connectivity index (χ3v) is 5.47. The van der Waals surface area contributed by atoms with Crippen molar-refractivity contribution in [3.8, 4) is 5.69 Å². The number of carbonyl (C=O) groups excluding carboxylic acids is 1. The maximum Gasteiger partial charge on any atom is 0.235 e. The molecule has 1 saturated heterocycles. The molecule has 2 fully saturated rings. The summed E-state index contributed by atoms with van der Waals surface area (Å²) in [5.41, 5.74) is 2.50. The molecule has 1 aromatic carbocycles. The summed E-state index contributed by atoms with van der Waals surface area (Å²) in [5.74, 6) is 0.384. The smallest absolute Gasteiger partial charge is 0.235 e. The van der Waals surface area contributed by atoms with E-state index in [2.05, 4.69) is 29.5 Å². The Balaban J connectivity index is 1.74. The van der Waals surface area contributed by atoms with Crippen LogP contribution in [0.5, 0.6) is 0 Å². The molecule has 4 rings (SSSR count). The number of hydrogen-bond acceptors (Lipinski definition) is 3. The first kappa shape index (κ1) is 15.9. The number of hydrogen-bond donors (Lipinski definition) is 2. The van der Waals surface area contributed by atoms with Crippen LogP contribution in [0.1, 0.15) is 30.9 Å². The van der Waals surface area contributed by atoms with Crippen LogP contribution in [0.4, 0.5) is 0 Å². The normalized spacial score (nSPS) is 26.7. The van der Waals surface area contributed by atoms with Gasteiger partial charge in [-0.05, 0) is 50.3 Å². The van der Waals surface area contributed by atoms with Gasteiger partial charge in [0.1, 0.15) is 0 Å². The number of nitrogens with zero attached hydrogens (tertiary/aromatic N) is 3. The van der Waals surface area contributed by atoms with E-state index in [9.17, 15) is 4.79 Å². The summed E-state index contributed by atoms with van der Waals surface area (Å²) in [6.45, 7) is 4.07. The number of nitrogens with one attached hydrogen (secondary N) is 2. The number of carbonyl (C=O) groups is 1. The largest absolute Gasteiger partial charge is 0.346 e. The maximum absolute atomic E-state index is 12.8. The molecule has 6 heteroatoms. The van der Waals surface area contributed by atoms with E-state index in [4.69, 9.17) is 5.41 Å². The Morgan fingerprint density at radius 3 is 2.80 bits per heavy atom. The first-order chi connectivity index (χ1) is 11.9. The lowest BCUT2D eigenvalue weighted by Gasteiger charge is -2.45. The lowest BCUT2D eigenvalue weighted by molar-refractivity contribution is -0.136. The van der Waals surface area contributed by atoms with E-state index >= 15 is 0 Å². The van der Waals surface area contributed by atoms with Crippen LogP contribution < -0.4 is 5.32 Å². The Kier molecular flexibility index (Phi) is 3.45. The zero-order chi connectivity index (χ0) is 17.8. The second-order valence-corrected chi connectivity index (χ2v) is 7.40.